The molecule has 0 amide bonds. The quantitative estimate of drug-likeness (QED) is 0.388. The first-order valence-corrected chi connectivity index (χ1v) is 18.6. The van der Waals surface area contributed by atoms with Gasteiger partial charge in [-0.25, -0.2) is 27.9 Å². The average molecular weight is 657 g/mol. The van der Waals surface area contributed by atoms with Crippen molar-refractivity contribution in [3.05, 3.63) is 0 Å². The fraction of sp³-hybridized carbons (Fsp3) is 1.00. The van der Waals surface area contributed by atoms with Gasteiger partial charge in [-0.05, 0) is 87.9 Å². The lowest BCUT2D eigenvalue weighted by atomic mass is 9.56. The van der Waals surface area contributed by atoms with E-state index in [1.165, 1.54) is 0 Å². The molecule has 45 heavy (non-hydrogen) atoms. The van der Waals surface area contributed by atoms with Crippen LogP contribution in [0.3, 0.4) is 0 Å². The number of hydrogen-bond donors (Lipinski definition) is 0. The van der Waals surface area contributed by atoms with Gasteiger partial charge in [0.25, 0.3) is 0 Å². The van der Waals surface area contributed by atoms with E-state index in [4.69, 9.17) is 46.9 Å². The predicted octanol–water partition coefficient (Wildman–Crippen LogP) is 4.52. The van der Waals surface area contributed by atoms with Gasteiger partial charge in [0, 0.05) is 24.7 Å². The van der Waals surface area contributed by atoms with Crippen molar-refractivity contribution in [2.75, 3.05) is 0 Å². The van der Waals surface area contributed by atoms with Gasteiger partial charge in [-0.3, -0.25) is 0 Å². The Morgan fingerprint density at radius 2 is 0.956 bits per heavy atom. The Kier molecular flexibility index (Phi) is 6.69. The van der Waals surface area contributed by atoms with E-state index in [2.05, 4.69) is 27.7 Å². The van der Waals surface area contributed by atoms with Crippen molar-refractivity contribution in [1.29, 1.82) is 0 Å². The minimum atomic E-state index is -4.32. The monoisotopic (exact) mass is 656 g/mol. The Hall–Kier alpha value is -0.450. The fourth-order valence-corrected chi connectivity index (χ4v) is 12.5. The highest BCUT2D eigenvalue weighted by Gasteiger charge is 2.73. The number of fused-ring (bicyclic) bond motifs is 4. The molecule has 18 atom stereocenters. The smallest absolute Gasteiger partial charge is 0.343 e. The molecule has 2 aliphatic carbocycles. The summed E-state index contributed by atoms with van der Waals surface area (Å²) in [5.41, 5.74) is -1.54. The van der Waals surface area contributed by atoms with Crippen molar-refractivity contribution in [1.82, 2.24) is 0 Å². The molecule has 12 nitrogen and oxygen atoms in total. The van der Waals surface area contributed by atoms with E-state index in [-0.39, 0.29) is 35.5 Å². The summed E-state index contributed by atoms with van der Waals surface area (Å²) < 4.78 is 64.9. The van der Waals surface area contributed by atoms with Crippen LogP contribution in [0.5, 0.6) is 0 Å². The molecule has 4 bridgehead atoms. The second-order valence-corrected chi connectivity index (χ2v) is 17.5. The van der Waals surface area contributed by atoms with Crippen molar-refractivity contribution in [3.8, 4) is 0 Å². The van der Waals surface area contributed by atoms with Crippen molar-refractivity contribution in [3.63, 3.8) is 0 Å². The number of ether oxygens (including phenoxy) is 4. The molecule has 11 fully saturated rings. The number of hydrogen-bond acceptors (Lipinski definition) is 12. The van der Waals surface area contributed by atoms with Crippen molar-refractivity contribution in [2.24, 2.45) is 47.3 Å². The van der Waals surface area contributed by atoms with Crippen LogP contribution in [-0.4, -0.2) is 68.2 Å². The predicted molar refractivity (Wildman–Crippen MR) is 152 cm³/mol. The molecule has 13 heteroatoms. The summed E-state index contributed by atoms with van der Waals surface area (Å²) in [6.45, 7) is 12.5. The van der Waals surface area contributed by atoms with Gasteiger partial charge in [0.1, 0.15) is 12.2 Å². The van der Waals surface area contributed by atoms with Gasteiger partial charge >= 0.3 is 10.4 Å². The van der Waals surface area contributed by atoms with Gasteiger partial charge in [0.05, 0.1) is 12.2 Å². The first-order chi connectivity index (χ1) is 21.3. The molecule has 9 saturated heterocycles. The first kappa shape index (κ1) is 30.6. The molecule has 0 radical (unpaired) electrons. The maximum atomic E-state index is 13.2. The van der Waals surface area contributed by atoms with Gasteiger partial charge in [0.15, 0.2) is 23.8 Å². The van der Waals surface area contributed by atoms with E-state index in [0.29, 0.717) is 24.7 Å². The van der Waals surface area contributed by atoms with Crippen LogP contribution >= 0.6 is 0 Å². The zero-order valence-corrected chi connectivity index (χ0v) is 27.9. The summed E-state index contributed by atoms with van der Waals surface area (Å²) in [4.78, 5) is 24.6. The zero-order valence-electron chi connectivity index (χ0n) is 27.0. The molecule has 2 unspecified atom stereocenters. The minimum Gasteiger partial charge on any atom is -0.343 e. The van der Waals surface area contributed by atoms with Crippen LogP contribution < -0.4 is 0 Å². The zero-order chi connectivity index (χ0) is 31.3. The van der Waals surface area contributed by atoms with Crippen LogP contribution in [0.4, 0.5) is 0 Å². The van der Waals surface area contributed by atoms with Gasteiger partial charge < -0.3 is 18.9 Å². The molecule has 11 rings (SSSR count). The topological polar surface area (TPSA) is 126 Å². The van der Waals surface area contributed by atoms with Crippen LogP contribution in [0.25, 0.3) is 0 Å². The van der Waals surface area contributed by atoms with Crippen LogP contribution in [0, 0.1) is 47.3 Å². The molecule has 2 saturated carbocycles. The second-order valence-electron chi connectivity index (χ2n) is 16.3. The Morgan fingerprint density at radius 3 is 1.38 bits per heavy atom. The van der Waals surface area contributed by atoms with Gasteiger partial charge in [0.2, 0.25) is 11.6 Å². The molecule has 2 spiro atoms. The van der Waals surface area contributed by atoms with Gasteiger partial charge in [-0.1, -0.05) is 27.7 Å². The lowest BCUT2D eigenvalue weighted by molar-refractivity contribution is -0.574. The SMILES string of the molecule is C[C@H]1[C@@H](C2OS(=O)(=O)OC2[C@H]2O[C@@H]3O[C@]4(C)CC[C@H]5[C@H](C)CC[C@@H]([C@H]2C)[C@@]35OO4)O[C@@H]2O[C@]3(C)CC[C@H]4[C@H](C)CC[C@@H]1[C@@]24OO3. The summed E-state index contributed by atoms with van der Waals surface area (Å²) in [6, 6.07) is 0. The third-order valence-corrected chi connectivity index (χ3v) is 14.8. The fourth-order valence-electron chi connectivity index (χ4n) is 11.5. The molecule has 0 aromatic rings. The van der Waals surface area contributed by atoms with Crippen LogP contribution in [0.15, 0.2) is 0 Å². The summed E-state index contributed by atoms with van der Waals surface area (Å²) in [5, 5.41) is 0. The van der Waals surface area contributed by atoms with E-state index in [1.54, 1.807) is 0 Å². The highest BCUT2D eigenvalue weighted by Crippen LogP contribution is 2.63. The lowest BCUT2D eigenvalue weighted by Crippen LogP contribution is -2.73. The van der Waals surface area contributed by atoms with Crippen molar-refractivity contribution in [2.45, 2.75) is 153 Å². The Balaban J connectivity index is 1.07. The van der Waals surface area contributed by atoms with Crippen LogP contribution in [0.1, 0.15) is 92.9 Å². The maximum Gasteiger partial charge on any atom is 0.400 e. The molecule has 0 N–H and O–H groups in total. The molecule has 0 aromatic carbocycles. The lowest BCUT2D eigenvalue weighted by Gasteiger charge is -2.62. The van der Waals surface area contributed by atoms with E-state index >= 15 is 0 Å². The van der Waals surface area contributed by atoms with Crippen molar-refractivity contribution < 1.29 is 55.3 Å². The molecular formula is C32H48O12S. The Bertz CT molecular complexity index is 1240. The molecule has 9 heterocycles. The van der Waals surface area contributed by atoms with Gasteiger partial charge in [-0.2, -0.15) is 8.42 Å². The molecule has 11 aliphatic rings. The van der Waals surface area contributed by atoms with E-state index in [0.717, 1.165) is 38.5 Å². The maximum absolute atomic E-state index is 13.2. The normalized spacial score (nSPS) is 62.9. The third-order valence-electron chi connectivity index (χ3n) is 13.8. The average Bonchev–Trinajstić information content (AvgIpc) is 3.13. The largest absolute Gasteiger partial charge is 0.400 e. The first-order valence-electron chi connectivity index (χ1n) is 17.3. The summed E-state index contributed by atoms with van der Waals surface area (Å²) >= 11 is 0. The Morgan fingerprint density at radius 1 is 0.533 bits per heavy atom. The highest BCUT2D eigenvalue weighted by molar-refractivity contribution is 7.82. The standard InChI is InChI=1S/C32H48O12S/c1-15-7-9-21-17(3)23(35-27-31(21)19(15)11-13-29(5,37-27)41-43-31)25-26(40-45(33,34)39-25)24-18(4)22-10-8-16(2)20-12-14-30(6)38-28(36-24)32(20,22)44-42-30/h15-28H,7-14H2,1-6H3/t15-,16-,17-,18-,19+,20+,21+,22+,23+,24+,25?,26?,27-,28-,29+,30+,31-,32-/m1/s1. The number of rotatable bonds is 2. The van der Waals surface area contributed by atoms with Gasteiger partial charge in [-0.15, -0.1) is 0 Å². The van der Waals surface area contributed by atoms with E-state index in [1.807, 2.05) is 13.8 Å². The Labute approximate surface area is 265 Å². The molecular weight excluding hydrogens is 608 g/mol. The minimum absolute atomic E-state index is 0.0117. The van der Waals surface area contributed by atoms with Crippen LogP contribution in [0.2, 0.25) is 0 Å². The highest BCUT2D eigenvalue weighted by atomic mass is 32.3. The van der Waals surface area contributed by atoms with Crippen molar-refractivity contribution >= 4 is 10.4 Å². The summed E-state index contributed by atoms with van der Waals surface area (Å²) in [7, 11) is -4.32. The second kappa shape index (κ2) is 9.83. The van der Waals surface area contributed by atoms with E-state index in [9.17, 15) is 8.42 Å². The summed E-state index contributed by atoms with van der Waals surface area (Å²) in [5.74, 6) is -0.926. The molecule has 0 aromatic heterocycles. The summed E-state index contributed by atoms with van der Waals surface area (Å²) in [6.07, 6.45) is 2.39. The molecule has 9 aliphatic heterocycles. The molecule has 254 valence electrons. The third kappa shape index (κ3) is 4.09. The van der Waals surface area contributed by atoms with E-state index < -0.39 is 70.2 Å². The van der Waals surface area contributed by atoms with Crippen LogP contribution in [-0.2, 0) is 57.3 Å².